The number of anilines is 1. The van der Waals surface area contributed by atoms with E-state index >= 15 is 0 Å². The summed E-state index contributed by atoms with van der Waals surface area (Å²) in [4.78, 5) is 26.0. The van der Waals surface area contributed by atoms with Crippen LogP contribution in [0, 0.1) is 11.7 Å². The topological polar surface area (TPSA) is 74.6 Å². The molecule has 2 aliphatic rings. The van der Waals surface area contributed by atoms with Crippen molar-refractivity contribution < 1.29 is 14.3 Å². The summed E-state index contributed by atoms with van der Waals surface area (Å²) >= 11 is 0. The van der Waals surface area contributed by atoms with Crippen LogP contribution in [-0.4, -0.2) is 41.8 Å². The summed E-state index contributed by atoms with van der Waals surface area (Å²) in [6, 6.07) is 3.47. The van der Waals surface area contributed by atoms with E-state index < -0.39 is 17.2 Å². The number of halogens is 1. The van der Waals surface area contributed by atoms with Crippen LogP contribution in [0.2, 0.25) is 0 Å². The molecule has 1 aliphatic heterocycles. The van der Waals surface area contributed by atoms with E-state index in [2.05, 4.69) is 12.2 Å². The van der Waals surface area contributed by atoms with Crippen molar-refractivity contribution in [2.75, 3.05) is 25.0 Å². The maximum absolute atomic E-state index is 14.9. The van der Waals surface area contributed by atoms with Gasteiger partial charge in [0.25, 0.3) is 0 Å². The molecule has 1 aromatic carbocycles. The van der Waals surface area contributed by atoms with Gasteiger partial charge in [-0.05, 0) is 51.3 Å². The third kappa shape index (κ3) is 3.10. The van der Waals surface area contributed by atoms with Crippen molar-refractivity contribution in [3.63, 3.8) is 0 Å². The molecule has 7 heteroatoms. The van der Waals surface area contributed by atoms with Gasteiger partial charge in [0.2, 0.25) is 5.43 Å². The lowest BCUT2D eigenvalue weighted by Gasteiger charge is -2.23. The average molecular weight is 373 g/mol. The molecule has 0 amide bonds. The third-order valence-corrected chi connectivity index (χ3v) is 6.00. The zero-order valence-corrected chi connectivity index (χ0v) is 15.5. The van der Waals surface area contributed by atoms with Gasteiger partial charge in [-0.25, -0.2) is 9.18 Å². The third-order valence-electron chi connectivity index (χ3n) is 6.00. The number of carboxylic acid groups (broad SMARTS) is 1. The fourth-order valence-electron chi connectivity index (χ4n) is 4.06. The molecule has 1 saturated carbocycles. The highest BCUT2D eigenvalue weighted by molar-refractivity contribution is 5.93. The Hall–Kier alpha value is -2.41. The van der Waals surface area contributed by atoms with E-state index in [9.17, 15) is 19.1 Å². The van der Waals surface area contributed by atoms with Gasteiger partial charge in [0.05, 0.1) is 11.2 Å². The van der Waals surface area contributed by atoms with Crippen molar-refractivity contribution in [1.29, 1.82) is 0 Å². The normalized spacial score (nSPS) is 21.0. The minimum absolute atomic E-state index is 0.141. The highest BCUT2D eigenvalue weighted by Crippen LogP contribution is 2.38. The average Bonchev–Trinajstić information content (AvgIpc) is 3.37. The van der Waals surface area contributed by atoms with Crippen LogP contribution in [-0.2, 0) is 0 Å². The molecule has 2 aromatic rings. The van der Waals surface area contributed by atoms with Crippen molar-refractivity contribution in [1.82, 2.24) is 9.88 Å². The molecular weight excluding hydrogens is 349 g/mol. The number of aromatic carboxylic acids is 1. The first-order valence-electron chi connectivity index (χ1n) is 9.44. The van der Waals surface area contributed by atoms with Gasteiger partial charge in [-0.3, -0.25) is 4.79 Å². The van der Waals surface area contributed by atoms with E-state index in [0.717, 1.165) is 32.4 Å². The lowest BCUT2D eigenvalue weighted by Crippen LogP contribution is -2.32. The van der Waals surface area contributed by atoms with E-state index in [-0.39, 0.29) is 17.0 Å². The molecule has 0 spiro atoms. The lowest BCUT2D eigenvalue weighted by atomic mass is 10.0. The minimum atomic E-state index is -1.27. The quantitative estimate of drug-likeness (QED) is 0.843. The van der Waals surface area contributed by atoms with Crippen LogP contribution < -0.4 is 15.6 Å². The Bertz CT molecular complexity index is 967. The molecule has 0 unspecified atom stereocenters. The second kappa shape index (κ2) is 6.64. The molecule has 4 rings (SSSR count). The maximum atomic E-state index is 14.9. The predicted molar refractivity (Wildman–Crippen MR) is 102 cm³/mol. The molecule has 144 valence electrons. The molecular formula is C20H24FN3O3. The van der Waals surface area contributed by atoms with Crippen molar-refractivity contribution in [3.8, 4) is 0 Å². The molecule has 2 heterocycles. The van der Waals surface area contributed by atoms with E-state index in [0.29, 0.717) is 23.2 Å². The van der Waals surface area contributed by atoms with Crippen LogP contribution in [0.4, 0.5) is 10.1 Å². The van der Waals surface area contributed by atoms with Crippen molar-refractivity contribution in [2.45, 2.75) is 38.3 Å². The highest BCUT2D eigenvalue weighted by Gasteiger charge is 2.30. The number of aromatic nitrogens is 1. The van der Waals surface area contributed by atoms with Gasteiger partial charge in [-0.15, -0.1) is 0 Å². The van der Waals surface area contributed by atoms with Gasteiger partial charge in [0.15, 0.2) is 0 Å². The van der Waals surface area contributed by atoms with Crippen LogP contribution >= 0.6 is 0 Å². The summed E-state index contributed by atoms with van der Waals surface area (Å²) in [5, 5.41) is 12.7. The molecule has 2 atom stereocenters. The number of carbonyl (C=O) groups is 1. The predicted octanol–water partition coefficient (Wildman–Crippen LogP) is 2.61. The number of nitrogens with zero attached hydrogens (tertiary/aromatic N) is 2. The number of rotatable bonds is 5. The van der Waals surface area contributed by atoms with E-state index in [4.69, 9.17) is 0 Å². The van der Waals surface area contributed by atoms with Crippen molar-refractivity contribution >= 4 is 22.6 Å². The van der Waals surface area contributed by atoms with Crippen LogP contribution in [0.1, 0.15) is 42.6 Å². The minimum Gasteiger partial charge on any atom is -0.477 e. The Morgan fingerprint density at radius 2 is 2.07 bits per heavy atom. The molecule has 1 aromatic heterocycles. The van der Waals surface area contributed by atoms with Gasteiger partial charge in [-0.2, -0.15) is 0 Å². The molecule has 2 N–H and O–H groups in total. The zero-order valence-electron chi connectivity index (χ0n) is 15.5. The lowest BCUT2D eigenvalue weighted by molar-refractivity contribution is 0.0695. The number of carboxylic acids is 1. The van der Waals surface area contributed by atoms with E-state index in [1.165, 1.54) is 12.3 Å². The number of hydrogen-bond acceptors (Lipinski definition) is 4. The summed E-state index contributed by atoms with van der Waals surface area (Å²) in [6.07, 6.45) is 4.28. The second-order valence-electron chi connectivity index (χ2n) is 7.71. The fourth-order valence-corrected chi connectivity index (χ4v) is 4.06. The number of hydrogen-bond donors (Lipinski definition) is 2. The van der Waals surface area contributed by atoms with Crippen molar-refractivity contribution in [3.05, 3.63) is 39.9 Å². The fraction of sp³-hybridized carbons (Fsp3) is 0.500. The highest BCUT2D eigenvalue weighted by atomic mass is 19.1. The standard InChI is InChI=1S/C20H24FN3O3/c1-11(22-2)12-5-6-23(9-12)18-8-17-14(7-16(18)21)19(25)15(20(26)27)10-24(17)13-3-4-13/h7-8,10-13,22H,3-6,9H2,1-2H3,(H,26,27)/t11-,12-/m1/s1. The molecule has 1 aliphatic carbocycles. The zero-order chi connectivity index (χ0) is 19.3. The Balaban J connectivity index is 1.82. The Morgan fingerprint density at radius 3 is 2.70 bits per heavy atom. The van der Waals surface area contributed by atoms with Gasteiger partial charge in [-0.1, -0.05) is 0 Å². The number of fused-ring (bicyclic) bond motifs is 1. The molecule has 6 nitrogen and oxygen atoms in total. The summed E-state index contributed by atoms with van der Waals surface area (Å²) < 4.78 is 16.7. The molecule has 2 fully saturated rings. The van der Waals surface area contributed by atoms with Gasteiger partial charge in [0, 0.05) is 36.8 Å². The summed E-state index contributed by atoms with van der Waals surface area (Å²) in [5.41, 5.74) is 0.188. The molecule has 27 heavy (non-hydrogen) atoms. The monoisotopic (exact) mass is 373 g/mol. The van der Waals surface area contributed by atoms with Crippen LogP contribution in [0.25, 0.3) is 10.9 Å². The second-order valence-corrected chi connectivity index (χ2v) is 7.71. The van der Waals surface area contributed by atoms with Gasteiger partial charge in [0.1, 0.15) is 11.4 Å². The first-order valence-corrected chi connectivity index (χ1v) is 9.44. The Kier molecular flexibility index (Phi) is 4.42. The SMILES string of the molecule is CN[C@H](C)[C@@H]1CCN(c2cc3c(cc2F)c(=O)c(C(=O)O)cn3C2CC2)C1. The molecule has 0 radical (unpaired) electrons. The smallest absolute Gasteiger partial charge is 0.341 e. The van der Waals surface area contributed by atoms with Crippen LogP contribution in [0.3, 0.4) is 0 Å². The van der Waals surface area contributed by atoms with Gasteiger partial charge < -0.3 is 19.9 Å². The van der Waals surface area contributed by atoms with E-state index in [1.807, 2.05) is 16.5 Å². The largest absolute Gasteiger partial charge is 0.477 e. The summed E-state index contributed by atoms with van der Waals surface area (Å²) in [5.74, 6) is -1.31. The first-order chi connectivity index (χ1) is 12.9. The maximum Gasteiger partial charge on any atom is 0.341 e. The first kappa shape index (κ1) is 18.0. The Labute approximate surface area is 156 Å². The number of benzene rings is 1. The van der Waals surface area contributed by atoms with Gasteiger partial charge >= 0.3 is 5.97 Å². The number of pyridine rings is 1. The summed E-state index contributed by atoms with van der Waals surface area (Å²) in [7, 11) is 1.93. The Morgan fingerprint density at radius 1 is 1.33 bits per heavy atom. The summed E-state index contributed by atoms with van der Waals surface area (Å²) in [6.45, 7) is 3.65. The van der Waals surface area contributed by atoms with E-state index in [1.54, 1.807) is 6.07 Å². The van der Waals surface area contributed by atoms with Crippen LogP contribution in [0.15, 0.2) is 23.1 Å². The molecule has 1 saturated heterocycles. The van der Waals surface area contributed by atoms with Crippen molar-refractivity contribution in [2.24, 2.45) is 5.92 Å². The van der Waals surface area contributed by atoms with Crippen LogP contribution in [0.5, 0.6) is 0 Å². The number of nitrogens with one attached hydrogen (secondary N) is 1. The molecule has 0 bridgehead atoms.